The summed E-state index contributed by atoms with van der Waals surface area (Å²) in [5.74, 6) is -0.945. The van der Waals surface area contributed by atoms with Crippen LogP contribution >= 0.6 is 0 Å². The molecule has 0 amide bonds. The lowest BCUT2D eigenvalue weighted by Crippen LogP contribution is -2.30. The molecule has 0 heterocycles. The summed E-state index contributed by atoms with van der Waals surface area (Å²) >= 11 is 0. The molecule has 0 aromatic heterocycles. The van der Waals surface area contributed by atoms with Crippen LogP contribution in [0.25, 0.3) is 0 Å². The van der Waals surface area contributed by atoms with E-state index in [4.69, 9.17) is 14.2 Å². The van der Waals surface area contributed by atoms with Gasteiger partial charge in [-0.05, 0) is 64.2 Å². The maximum absolute atomic E-state index is 12.9. The number of hydrogen-bond acceptors (Lipinski definition) is 6. The van der Waals surface area contributed by atoms with Crippen LogP contribution in [0.1, 0.15) is 316 Å². The summed E-state index contributed by atoms with van der Waals surface area (Å²) in [5.41, 5.74) is 0. The second-order valence-corrected chi connectivity index (χ2v) is 20.3. The summed E-state index contributed by atoms with van der Waals surface area (Å²) in [4.78, 5) is 38.2. The van der Waals surface area contributed by atoms with E-state index in [0.29, 0.717) is 19.3 Å². The van der Waals surface area contributed by atoms with Crippen molar-refractivity contribution in [2.45, 2.75) is 322 Å². The van der Waals surface area contributed by atoms with E-state index in [1.54, 1.807) is 0 Å². The Labute approximate surface area is 428 Å². The number of allylic oxidation sites excluding steroid dienone is 8. The van der Waals surface area contributed by atoms with Crippen molar-refractivity contribution in [1.82, 2.24) is 0 Å². The number of rotatable bonds is 55. The van der Waals surface area contributed by atoms with Gasteiger partial charge in [0.1, 0.15) is 13.2 Å². The Morgan fingerprint density at radius 1 is 0.304 bits per heavy atom. The summed E-state index contributed by atoms with van der Waals surface area (Å²) in [7, 11) is 0. The molecule has 0 rings (SSSR count). The molecular weight excluding hydrogens is 853 g/mol. The van der Waals surface area contributed by atoms with Gasteiger partial charge in [0.2, 0.25) is 0 Å². The largest absolute Gasteiger partial charge is 0.462 e. The highest BCUT2D eigenvalue weighted by Crippen LogP contribution is 2.17. The van der Waals surface area contributed by atoms with Crippen molar-refractivity contribution in [3.05, 3.63) is 48.6 Å². The van der Waals surface area contributed by atoms with Gasteiger partial charge in [-0.1, -0.05) is 281 Å². The molecule has 69 heavy (non-hydrogen) atoms. The fraction of sp³-hybridized carbons (Fsp3) is 0.825. The molecule has 0 saturated heterocycles. The van der Waals surface area contributed by atoms with Gasteiger partial charge in [0.05, 0.1) is 0 Å². The highest BCUT2D eigenvalue weighted by molar-refractivity contribution is 5.71. The van der Waals surface area contributed by atoms with Crippen LogP contribution < -0.4 is 0 Å². The summed E-state index contributed by atoms with van der Waals surface area (Å²) in [6.45, 7) is 6.59. The zero-order valence-corrected chi connectivity index (χ0v) is 46.1. The summed E-state index contributed by atoms with van der Waals surface area (Å²) < 4.78 is 16.8. The SMILES string of the molecule is CCCCC/C=C\C=C/CCCCCCCCCCCCC(=O)OCC(COC(=O)CC/C=C\C/C=C\CCCCCCCC)OC(=O)CCCCCCCCCCCCCCCCCCCCC. The molecule has 1 unspecified atom stereocenters. The fourth-order valence-corrected chi connectivity index (χ4v) is 8.78. The Morgan fingerprint density at radius 2 is 0.594 bits per heavy atom. The molecule has 0 radical (unpaired) electrons. The molecule has 6 nitrogen and oxygen atoms in total. The Hall–Kier alpha value is -2.63. The van der Waals surface area contributed by atoms with Gasteiger partial charge in [-0.2, -0.15) is 0 Å². The molecule has 402 valence electrons. The van der Waals surface area contributed by atoms with Crippen LogP contribution in [0.3, 0.4) is 0 Å². The number of ether oxygens (including phenoxy) is 3. The van der Waals surface area contributed by atoms with E-state index in [0.717, 1.165) is 51.4 Å². The zero-order chi connectivity index (χ0) is 50.0. The third-order valence-electron chi connectivity index (χ3n) is 13.3. The van der Waals surface area contributed by atoms with Crippen LogP contribution in [-0.2, 0) is 28.6 Å². The standard InChI is InChI=1S/C63H114O6/c1-4-7-10-13-16-19-22-25-27-29-31-33-35-38-41-44-47-50-53-56-62(65)68-59-60(58-67-61(64)55-52-49-46-43-40-37-24-21-18-15-12-9-6-3)69-63(66)57-54-51-48-45-42-39-36-34-32-30-28-26-23-20-17-14-11-8-5-2/h16,19,22,25,37,40,46,49,60H,4-15,17-18,20-21,23-24,26-36,38-39,41-45,47-48,50-59H2,1-3H3/b19-16-,25-22-,40-37-,49-46-. The minimum atomic E-state index is -0.795. The fourth-order valence-electron chi connectivity index (χ4n) is 8.78. The van der Waals surface area contributed by atoms with Gasteiger partial charge in [0, 0.05) is 19.3 Å². The second-order valence-electron chi connectivity index (χ2n) is 20.3. The summed E-state index contributed by atoms with van der Waals surface area (Å²) in [6.07, 6.45) is 71.2. The minimum absolute atomic E-state index is 0.0888. The predicted octanol–water partition coefficient (Wildman–Crippen LogP) is 20.2. The normalized spacial score (nSPS) is 12.3. The van der Waals surface area contributed by atoms with Crippen molar-refractivity contribution in [2.75, 3.05) is 13.2 Å². The highest BCUT2D eigenvalue weighted by atomic mass is 16.6. The van der Waals surface area contributed by atoms with Gasteiger partial charge in [-0.3, -0.25) is 14.4 Å². The molecule has 0 bridgehead atoms. The minimum Gasteiger partial charge on any atom is -0.462 e. The molecular formula is C63H114O6. The van der Waals surface area contributed by atoms with Crippen molar-refractivity contribution >= 4 is 17.9 Å². The number of carbonyl (C=O) groups excluding carboxylic acids is 3. The Balaban J connectivity index is 4.36. The van der Waals surface area contributed by atoms with Gasteiger partial charge < -0.3 is 14.2 Å². The number of unbranched alkanes of at least 4 members (excludes halogenated alkanes) is 37. The molecule has 0 N–H and O–H groups in total. The van der Waals surface area contributed by atoms with Crippen molar-refractivity contribution < 1.29 is 28.6 Å². The molecule has 0 saturated carbocycles. The van der Waals surface area contributed by atoms with E-state index in [9.17, 15) is 14.4 Å². The van der Waals surface area contributed by atoms with Crippen LogP contribution in [0.15, 0.2) is 48.6 Å². The van der Waals surface area contributed by atoms with Crippen LogP contribution in [0.4, 0.5) is 0 Å². The molecule has 0 aliphatic rings. The summed E-state index contributed by atoms with van der Waals surface area (Å²) in [6, 6.07) is 0. The van der Waals surface area contributed by atoms with Gasteiger partial charge in [0.25, 0.3) is 0 Å². The van der Waals surface area contributed by atoms with E-state index in [2.05, 4.69) is 63.3 Å². The van der Waals surface area contributed by atoms with Gasteiger partial charge in [-0.15, -0.1) is 0 Å². The Bertz CT molecular complexity index is 1200. The molecule has 0 aromatic rings. The van der Waals surface area contributed by atoms with Crippen molar-refractivity contribution in [1.29, 1.82) is 0 Å². The quantitative estimate of drug-likeness (QED) is 0.0199. The maximum atomic E-state index is 12.9. The number of carbonyl (C=O) groups is 3. The second kappa shape index (κ2) is 57.9. The third-order valence-corrected chi connectivity index (χ3v) is 13.3. The average Bonchev–Trinajstić information content (AvgIpc) is 3.35. The lowest BCUT2D eigenvalue weighted by molar-refractivity contribution is -0.166. The van der Waals surface area contributed by atoms with Crippen LogP contribution in [0, 0.1) is 0 Å². The lowest BCUT2D eigenvalue weighted by atomic mass is 10.0. The Kier molecular flexibility index (Phi) is 55.7. The average molecular weight is 968 g/mol. The van der Waals surface area contributed by atoms with Gasteiger partial charge >= 0.3 is 17.9 Å². The zero-order valence-electron chi connectivity index (χ0n) is 46.1. The third kappa shape index (κ3) is 56.2. The van der Waals surface area contributed by atoms with E-state index >= 15 is 0 Å². The topological polar surface area (TPSA) is 78.9 Å². The van der Waals surface area contributed by atoms with Gasteiger partial charge in [0.15, 0.2) is 6.10 Å². The van der Waals surface area contributed by atoms with Crippen molar-refractivity contribution in [3.63, 3.8) is 0 Å². The number of hydrogen-bond donors (Lipinski definition) is 0. The smallest absolute Gasteiger partial charge is 0.306 e. The van der Waals surface area contributed by atoms with Gasteiger partial charge in [-0.25, -0.2) is 0 Å². The van der Waals surface area contributed by atoms with E-state index in [1.807, 2.05) is 6.08 Å². The Morgan fingerprint density at radius 3 is 1.00 bits per heavy atom. The first kappa shape index (κ1) is 66.4. The molecule has 0 aromatic carbocycles. The molecule has 1 atom stereocenters. The van der Waals surface area contributed by atoms with Crippen molar-refractivity contribution in [2.24, 2.45) is 0 Å². The molecule has 0 spiro atoms. The predicted molar refractivity (Wildman–Crippen MR) is 298 cm³/mol. The molecule has 6 heteroatoms. The highest BCUT2D eigenvalue weighted by Gasteiger charge is 2.19. The van der Waals surface area contributed by atoms with E-state index in [-0.39, 0.29) is 37.5 Å². The lowest BCUT2D eigenvalue weighted by Gasteiger charge is -2.18. The number of esters is 3. The maximum Gasteiger partial charge on any atom is 0.306 e. The van der Waals surface area contributed by atoms with Crippen LogP contribution in [0.2, 0.25) is 0 Å². The van der Waals surface area contributed by atoms with Crippen LogP contribution in [-0.4, -0.2) is 37.2 Å². The molecule has 0 aliphatic heterocycles. The van der Waals surface area contributed by atoms with E-state index < -0.39 is 6.10 Å². The molecule has 0 fully saturated rings. The van der Waals surface area contributed by atoms with Crippen LogP contribution in [0.5, 0.6) is 0 Å². The van der Waals surface area contributed by atoms with E-state index in [1.165, 1.54) is 218 Å². The first-order chi connectivity index (χ1) is 34.0. The first-order valence-electron chi connectivity index (χ1n) is 30.2. The van der Waals surface area contributed by atoms with Crippen molar-refractivity contribution in [3.8, 4) is 0 Å². The summed E-state index contributed by atoms with van der Waals surface area (Å²) in [5, 5.41) is 0. The first-order valence-corrected chi connectivity index (χ1v) is 30.2. The monoisotopic (exact) mass is 967 g/mol. The molecule has 0 aliphatic carbocycles.